The lowest BCUT2D eigenvalue weighted by atomic mass is 9.82. The Labute approximate surface area is 82.7 Å². The lowest BCUT2D eigenvalue weighted by Crippen LogP contribution is -2.44. The first-order valence-corrected chi connectivity index (χ1v) is 5.11. The summed E-state index contributed by atoms with van der Waals surface area (Å²) in [5.41, 5.74) is 0. The van der Waals surface area contributed by atoms with Crippen LogP contribution in [0.1, 0.15) is 26.2 Å². The maximum Gasteiger partial charge on any atom is 0.307 e. The molecule has 2 fully saturated rings. The fraction of sp³-hybridized carbons (Fsp3) is 0.800. The van der Waals surface area contributed by atoms with E-state index in [1.807, 2.05) is 0 Å². The van der Waals surface area contributed by atoms with Crippen molar-refractivity contribution in [3.63, 3.8) is 0 Å². The summed E-state index contributed by atoms with van der Waals surface area (Å²) < 4.78 is 0. The fourth-order valence-electron chi connectivity index (χ4n) is 2.09. The molecule has 2 rings (SSSR count). The average molecular weight is 197 g/mol. The molecule has 4 nitrogen and oxygen atoms in total. The Hall–Kier alpha value is -1.06. The molecule has 0 aliphatic heterocycles. The van der Waals surface area contributed by atoms with Crippen LogP contribution in [0.4, 0.5) is 0 Å². The van der Waals surface area contributed by atoms with Crippen molar-refractivity contribution >= 4 is 11.9 Å². The minimum absolute atomic E-state index is 0.0608. The third kappa shape index (κ3) is 1.74. The van der Waals surface area contributed by atoms with E-state index in [-0.39, 0.29) is 11.8 Å². The highest BCUT2D eigenvalue weighted by Gasteiger charge is 2.49. The Morgan fingerprint density at radius 3 is 2.29 bits per heavy atom. The van der Waals surface area contributed by atoms with Crippen LogP contribution in [-0.4, -0.2) is 23.0 Å². The number of aliphatic carboxylic acids is 1. The van der Waals surface area contributed by atoms with Crippen molar-refractivity contribution in [2.45, 2.75) is 32.2 Å². The molecule has 0 aromatic heterocycles. The summed E-state index contributed by atoms with van der Waals surface area (Å²) in [4.78, 5) is 22.0. The van der Waals surface area contributed by atoms with Gasteiger partial charge in [0, 0.05) is 6.04 Å². The number of hydrogen-bond acceptors (Lipinski definition) is 2. The summed E-state index contributed by atoms with van der Waals surface area (Å²) in [5.74, 6) is -0.882. The van der Waals surface area contributed by atoms with Crippen molar-refractivity contribution < 1.29 is 14.7 Å². The molecule has 2 aliphatic carbocycles. The molecule has 14 heavy (non-hydrogen) atoms. The Kier molecular flexibility index (Phi) is 2.21. The van der Waals surface area contributed by atoms with Crippen LogP contribution in [0.5, 0.6) is 0 Å². The van der Waals surface area contributed by atoms with E-state index in [0.717, 1.165) is 12.8 Å². The van der Waals surface area contributed by atoms with Gasteiger partial charge in [-0.3, -0.25) is 9.59 Å². The van der Waals surface area contributed by atoms with Crippen LogP contribution in [0.2, 0.25) is 0 Å². The molecule has 4 heteroatoms. The fourth-order valence-corrected chi connectivity index (χ4v) is 2.09. The monoisotopic (exact) mass is 197 g/mol. The van der Waals surface area contributed by atoms with Gasteiger partial charge in [-0.2, -0.15) is 0 Å². The molecule has 0 radical (unpaired) electrons. The second kappa shape index (κ2) is 3.26. The Morgan fingerprint density at radius 1 is 1.21 bits per heavy atom. The molecule has 2 saturated carbocycles. The molecule has 0 saturated heterocycles. The van der Waals surface area contributed by atoms with E-state index in [1.54, 1.807) is 0 Å². The van der Waals surface area contributed by atoms with Gasteiger partial charge in [-0.25, -0.2) is 0 Å². The number of rotatable bonds is 3. The minimum Gasteiger partial charge on any atom is -0.481 e. The highest BCUT2D eigenvalue weighted by atomic mass is 16.4. The molecular formula is C10H15NO3. The number of amides is 1. The summed E-state index contributed by atoms with van der Waals surface area (Å²) in [7, 11) is 0. The molecule has 2 atom stereocenters. The van der Waals surface area contributed by atoms with Crippen LogP contribution in [0.3, 0.4) is 0 Å². The van der Waals surface area contributed by atoms with E-state index in [1.165, 1.54) is 0 Å². The van der Waals surface area contributed by atoms with E-state index in [4.69, 9.17) is 5.11 Å². The summed E-state index contributed by atoms with van der Waals surface area (Å²) in [6.45, 7) is 2.15. The molecule has 78 valence electrons. The third-order valence-corrected chi connectivity index (χ3v) is 3.16. The van der Waals surface area contributed by atoms with Crippen molar-refractivity contribution in [1.29, 1.82) is 0 Å². The number of carbonyl (C=O) groups excluding carboxylic acids is 1. The van der Waals surface area contributed by atoms with E-state index in [0.29, 0.717) is 18.4 Å². The first kappa shape index (κ1) is 9.49. The van der Waals surface area contributed by atoms with Crippen molar-refractivity contribution in [3.8, 4) is 0 Å². The predicted octanol–water partition coefficient (Wildman–Crippen LogP) is 0.622. The molecule has 2 N–H and O–H groups in total. The van der Waals surface area contributed by atoms with Gasteiger partial charge in [0.15, 0.2) is 0 Å². The minimum atomic E-state index is -0.841. The number of carboxylic acid groups (broad SMARTS) is 1. The van der Waals surface area contributed by atoms with Gasteiger partial charge < -0.3 is 10.4 Å². The SMILES string of the molecule is CC1CC(NC(=O)[C@@H]2C[C@@H]2C(=O)O)C1. The van der Waals surface area contributed by atoms with Crippen LogP contribution in [-0.2, 0) is 9.59 Å². The first-order valence-electron chi connectivity index (χ1n) is 5.11. The summed E-state index contributed by atoms with van der Waals surface area (Å²) in [6.07, 6.45) is 2.59. The highest BCUT2D eigenvalue weighted by molar-refractivity contribution is 5.89. The van der Waals surface area contributed by atoms with Gasteiger partial charge in [0.1, 0.15) is 0 Å². The molecule has 0 bridgehead atoms. The predicted molar refractivity (Wildman–Crippen MR) is 49.6 cm³/mol. The van der Waals surface area contributed by atoms with E-state index < -0.39 is 11.9 Å². The molecule has 1 amide bonds. The maximum atomic E-state index is 11.5. The molecular weight excluding hydrogens is 182 g/mol. The largest absolute Gasteiger partial charge is 0.481 e. The lowest BCUT2D eigenvalue weighted by molar-refractivity contribution is -0.140. The van der Waals surface area contributed by atoms with Gasteiger partial charge in [0.05, 0.1) is 11.8 Å². The number of carboxylic acids is 1. The summed E-state index contributed by atoms with van der Waals surface area (Å²) in [5, 5.41) is 11.5. The molecule has 0 aromatic carbocycles. The topological polar surface area (TPSA) is 66.4 Å². The van der Waals surface area contributed by atoms with Gasteiger partial charge in [-0.15, -0.1) is 0 Å². The van der Waals surface area contributed by atoms with Crippen molar-refractivity contribution in [1.82, 2.24) is 5.32 Å². The molecule has 0 unspecified atom stereocenters. The normalized spacial score (nSPS) is 39.8. The van der Waals surface area contributed by atoms with E-state index in [9.17, 15) is 9.59 Å². The van der Waals surface area contributed by atoms with Crippen LogP contribution < -0.4 is 5.32 Å². The molecule has 0 heterocycles. The van der Waals surface area contributed by atoms with Gasteiger partial charge in [0.2, 0.25) is 5.91 Å². The van der Waals surface area contributed by atoms with Crippen LogP contribution in [0, 0.1) is 17.8 Å². The van der Waals surface area contributed by atoms with Gasteiger partial charge in [0.25, 0.3) is 0 Å². The average Bonchev–Trinajstić information content (AvgIpc) is 2.79. The van der Waals surface area contributed by atoms with Crippen molar-refractivity contribution in [3.05, 3.63) is 0 Å². The Morgan fingerprint density at radius 2 is 1.86 bits per heavy atom. The van der Waals surface area contributed by atoms with Crippen LogP contribution in [0.25, 0.3) is 0 Å². The standard InChI is InChI=1S/C10H15NO3/c1-5-2-6(3-5)11-9(12)7-4-8(7)10(13)14/h5-8H,2-4H2,1H3,(H,11,12)(H,13,14)/t5?,6?,7-,8+/m1/s1. The molecule has 0 spiro atoms. The summed E-state index contributed by atoms with van der Waals surface area (Å²) in [6, 6.07) is 0.299. The number of carbonyl (C=O) groups is 2. The smallest absolute Gasteiger partial charge is 0.307 e. The van der Waals surface area contributed by atoms with Gasteiger partial charge in [-0.05, 0) is 25.2 Å². The van der Waals surface area contributed by atoms with Gasteiger partial charge >= 0.3 is 5.97 Å². The Balaban J connectivity index is 1.73. The maximum absolute atomic E-state index is 11.5. The zero-order valence-corrected chi connectivity index (χ0v) is 8.19. The van der Waals surface area contributed by atoms with Gasteiger partial charge in [-0.1, -0.05) is 6.92 Å². The van der Waals surface area contributed by atoms with Crippen LogP contribution in [0.15, 0.2) is 0 Å². The van der Waals surface area contributed by atoms with Crippen LogP contribution >= 0.6 is 0 Å². The third-order valence-electron chi connectivity index (χ3n) is 3.16. The van der Waals surface area contributed by atoms with E-state index in [2.05, 4.69) is 12.2 Å². The molecule has 2 aliphatic rings. The highest BCUT2D eigenvalue weighted by Crippen LogP contribution is 2.39. The lowest BCUT2D eigenvalue weighted by Gasteiger charge is -2.33. The quantitative estimate of drug-likeness (QED) is 0.697. The zero-order chi connectivity index (χ0) is 10.3. The van der Waals surface area contributed by atoms with E-state index >= 15 is 0 Å². The summed E-state index contributed by atoms with van der Waals surface area (Å²) >= 11 is 0. The second-order valence-corrected chi connectivity index (χ2v) is 4.57. The van der Waals surface area contributed by atoms with Crippen molar-refractivity contribution in [2.75, 3.05) is 0 Å². The second-order valence-electron chi connectivity index (χ2n) is 4.57. The Bertz CT molecular complexity index is 271. The first-order chi connectivity index (χ1) is 6.58. The number of hydrogen-bond donors (Lipinski definition) is 2. The molecule has 0 aromatic rings. The zero-order valence-electron chi connectivity index (χ0n) is 8.19. The van der Waals surface area contributed by atoms with Crippen molar-refractivity contribution in [2.24, 2.45) is 17.8 Å². The number of nitrogens with one attached hydrogen (secondary N) is 1.